The van der Waals surface area contributed by atoms with Gasteiger partial charge in [0.1, 0.15) is 0 Å². The average Bonchev–Trinajstić information content (AvgIpc) is 3.41. The molecule has 0 aromatic carbocycles. The molecule has 0 fully saturated rings. The van der Waals surface area contributed by atoms with Crippen molar-refractivity contribution in [2.75, 3.05) is 13.2 Å². The molecule has 6 nitrogen and oxygen atoms in total. The minimum Gasteiger partial charge on any atom is -0.466 e. The molecule has 0 aromatic heterocycles. The highest BCUT2D eigenvalue weighted by molar-refractivity contribution is 5.76. The Hall–Kier alpha value is -1.92. The molecule has 0 aliphatic rings. The fourth-order valence-corrected chi connectivity index (χ4v) is 10.4. The molecule has 0 radical (unpaired) electrons. The van der Waals surface area contributed by atoms with Crippen LogP contribution in [0.25, 0.3) is 0 Å². The van der Waals surface area contributed by atoms with Crippen molar-refractivity contribution in [1.82, 2.24) is 5.32 Å². The number of carbonyl (C=O) groups is 2. The van der Waals surface area contributed by atoms with Gasteiger partial charge in [0.15, 0.2) is 0 Å². The largest absolute Gasteiger partial charge is 0.466 e. The van der Waals surface area contributed by atoms with E-state index in [1.807, 2.05) is 6.08 Å². The zero-order valence-electron chi connectivity index (χ0n) is 50.5. The van der Waals surface area contributed by atoms with Crippen LogP contribution in [0.15, 0.2) is 36.5 Å². The van der Waals surface area contributed by atoms with E-state index in [2.05, 4.69) is 43.5 Å². The van der Waals surface area contributed by atoms with Crippen LogP contribution in [0.4, 0.5) is 0 Å². The van der Waals surface area contributed by atoms with E-state index in [1.54, 1.807) is 6.08 Å². The van der Waals surface area contributed by atoms with Crippen LogP contribution in [0, 0.1) is 0 Å². The lowest BCUT2D eigenvalue weighted by molar-refractivity contribution is -0.143. The van der Waals surface area contributed by atoms with Gasteiger partial charge in [0.2, 0.25) is 5.91 Å². The normalized spacial score (nSPS) is 12.7. The van der Waals surface area contributed by atoms with E-state index in [0.29, 0.717) is 19.4 Å². The smallest absolute Gasteiger partial charge is 0.305 e. The summed E-state index contributed by atoms with van der Waals surface area (Å²) in [5.41, 5.74) is 0. The van der Waals surface area contributed by atoms with Crippen LogP contribution >= 0.6 is 0 Å². The molecule has 6 heteroatoms. The minimum atomic E-state index is -0.843. The Morgan fingerprint density at radius 3 is 0.947 bits per heavy atom. The van der Waals surface area contributed by atoms with E-state index < -0.39 is 12.1 Å². The van der Waals surface area contributed by atoms with E-state index in [0.717, 1.165) is 44.9 Å². The molecule has 0 aromatic rings. The second kappa shape index (κ2) is 64.6. The Morgan fingerprint density at radius 1 is 0.360 bits per heavy atom. The van der Waals surface area contributed by atoms with Crippen molar-refractivity contribution in [2.24, 2.45) is 0 Å². The molecule has 1 amide bonds. The van der Waals surface area contributed by atoms with Gasteiger partial charge in [-0.3, -0.25) is 9.59 Å². The molecule has 0 heterocycles. The first-order valence-electron chi connectivity index (χ1n) is 33.8. The zero-order valence-corrected chi connectivity index (χ0v) is 50.5. The molecule has 0 aliphatic heterocycles. The van der Waals surface area contributed by atoms with Crippen molar-refractivity contribution in [3.05, 3.63) is 36.5 Å². The van der Waals surface area contributed by atoms with E-state index in [-0.39, 0.29) is 18.5 Å². The van der Waals surface area contributed by atoms with Crippen molar-refractivity contribution in [3.8, 4) is 0 Å². The van der Waals surface area contributed by atoms with Crippen LogP contribution in [0.3, 0.4) is 0 Å². The van der Waals surface area contributed by atoms with Gasteiger partial charge < -0.3 is 20.3 Å². The minimum absolute atomic E-state index is 0.00896. The van der Waals surface area contributed by atoms with Crippen molar-refractivity contribution in [1.29, 1.82) is 0 Å². The third kappa shape index (κ3) is 61.2. The molecule has 0 bridgehead atoms. The monoisotopic (exact) mass is 1050 g/mol. The van der Waals surface area contributed by atoms with E-state index in [9.17, 15) is 19.8 Å². The number of carbonyl (C=O) groups excluding carboxylic acids is 2. The summed E-state index contributed by atoms with van der Waals surface area (Å²) in [5.74, 6) is -0.0574. The second-order valence-corrected chi connectivity index (χ2v) is 23.1. The number of allylic oxidation sites excluding steroid dienone is 5. The maximum absolute atomic E-state index is 12.5. The molecule has 75 heavy (non-hydrogen) atoms. The molecule has 2 atom stereocenters. The summed E-state index contributed by atoms with van der Waals surface area (Å²) in [6.07, 6.45) is 82.1. The van der Waals surface area contributed by atoms with Gasteiger partial charge in [0.05, 0.1) is 25.4 Å². The van der Waals surface area contributed by atoms with Crippen molar-refractivity contribution >= 4 is 11.9 Å². The third-order valence-corrected chi connectivity index (χ3v) is 15.6. The number of nitrogens with one attached hydrogen (secondary N) is 1. The third-order valence-electron chi connectivity index (χ3n) is 15.6. The van der Waals surface area contributed by atoms with E-state index in [4.69, 9.17) is 4.74 Å². The molecule has 0 aliphatic carbocycles. The number of aliphatic hydroxyl groups is 2. The number of hydrogen-bond donors (Lipinski definition) is 3. The standard InChI is InChI=1S/C69H131NO5/c1-3-5-7-9-11-13-15-17-18-35-39-43-47-51-55-59-63-69(74)75-64-60-56-52-48-44-40-36-33-31-29-27-25-23-21-19-20-22-24-26-28-30-32-34-38-42-46-50-54-58-62-68(73)70-66(65-71)67(72)61-57-53-49-45-41-37-16-14-12-10-8-6-4-2/h18-19,21,35,57,61,66-67,71-72H,3-17,20,22-34,36-56,58-60,62-65H2,1-2H3,(H,70,73)/b21-19-,35-18-,61-57+. The topological polar surface area (TPSA) is 95.9 Å². The van der Waals surface area contributed by atoms with Gasteiger partial charge in [-0.1, -0.05) is 307 Å². The summed E-state index contributed by atoms with van der Waals surface area (Å²) in [6.45, 7) is 4.91. The first-order chi connectivity index (χ1) is 37.0. The second-order valence-electron chi connectivity index (χ2n) is 23.1. The molecule has 0 saturated carbocycles. The van der Waals surface area contributed by atoms with Gasteiger partial charge in [-0.25, -0.2) is 0 Å². The zero-order chi connectivity index (χ0) is 54.3. The Morgan fingerprint density at radius 2 is 0.627 bits per heavy atom. The van der Waals surface area contributed by atoms with Gasteiger partial charge in [0, 0.05) is 12.8 Å². The lowest BCUT2D eigenvalue weighted by atomic mass is 10.0. The van der Waals surface area contributed by atoms with Crippen LogP contribution in [-0.4, -0.2) is 47.4 Å². The first-order valence-corrected chi connectivity index (χ1v) is 33.8. The highest BCUT2D eigenvalue weighted by atomic mass is 16.5. The fraction of sp³-hybridized carbons (Fsp3) is 0.884. The molecular weight excluding hydrogens is 923 g/mol. The Balaban J connectivity index is 3.37. The average molecular weight is 1050 g/mol. The van der Waals surface area contributed by atoms with Gasteiger partial charge in [-0.2, -0.15) is 0 Å². The predicted octanol–water partition coefficient (Wildman–Crippen LogP) is 21.5. The summed E-state index contributed by atoms with van der Waals surface area (Å²) in [6, 6.07) is -0.627. The molecule has 3 N–H and O–H groups in total. The highest BCUT2D eigenvalue weighted by Crippen LogP contribution is 2.18. The number of unbranched alkanes of at least 4 members (excludes halogenated alkanes) is 48. The summed E-state index contributed by atoms with van der Waals surface area (Å²) < 4.78 is 5.49. The maximum Gasteiger partial charge on any atom is 0.305 e. The highest BCUT2D eigenvalue weighted by Gasteiger charge is 2.18. The number of aliphatic hydroxyl groups excluding tert-OH is 2. The van der Waals surface area contributed by atoms with Gasteiger partial charge in [0.25, 0.3) is 0 Å². The van der Waals surface area contributed by atoms with Crippen LogP contribution in [0.2, 0.25) is 0 Å². The quantitative estimate of drug-likeness (QED) is 0.0320. The first kappa shape index (κ1) is 73.1. The lowest BCUT2D eigenvalue weighted by Crippen LogP contribution is -2.45. The summed E-state index contributed by atoms with van der Waals surface area (Å²) in [5, 5.41) is 23.1. The van der Waals surface area contributed by atoms with Crippen LogP contribution in [0.1, 0.15) is 367 Å². The van der Waals surface area contributed by atoms with E-state index in [1.165, 1.54) is 295 Å². The van der Waals surface area contributed by atoms with E-state index >= 15 is 0 Å². The fourth-order valence-electron chi connectivity index (χ4n) is 10.4. The van der Waals surface area contributed by atoms with Gasteiger partial charge >= 0.3 is 5.97 Å². The molecular formula is C69H131NO5. The van der Waals surface area contributed by atoms with Crippen molar-refractivity contribution < 1.29 is 24.5 Å². The number of rotatable bonds is 63. The molecule has 0 saturated heterocycles. The maximum atomic E-state index is 12.5. The Labute approximate surface area is 468 Å². The van der Waals surface area contributed by atoms with Crippen LogP contribution in [-0.2, 0) is 14.3 Å². The van der Waals surface area contributed by atoms with Crippen molar-refractivity contribution in [2.45, 2.75) is 379 Å². The number of amides is 1. The molecule has 0 rings (SSSR count). The lowest BCUT2D eigenvalue weighted by Gasteiger charge is -2.20. The Bertz CT molecular complexity index is 1210. The number of ether oxygens (including phenoxy) is 1. The van der Waals surface area contributed by atoms with Crippen LogP contribution < -0.4 is 5.32 Å². The summed E-state index contributed by atoms with van der Waals surface area (Å²) in [4.78, 5) is 24.5. The summed E-state index contributed by atoms with van der Waals surface area (Å²) >= 11 is 0. The summed E-state index contributed by atoms with van der Waals surface area (Å²) in [7, 11) is 0. The SMILES string of the molecule is CCCCCCCCC/C=C\CCCCCCCC(=O)OCCCCCCCCCCCCCC/C=C\CCCCCCCCCCCCCCCC(=O)NC(CO)C(O)/C=C/CCCCCCCCCCCCC. The van der Waals surface area contributed by atoms with Crippen molar-refractivity contribution in [3.63, 3.8) is 0 Å². The molecule has 0 spiro atoms. The van der Waals surface area contributed by atoms with Crippen LogP contribution in [0.5, 0.6) is 0 Å². The molecule has 442 valence electrons. The van der Waals surface area contributed by atoms with Gasteiger partial charge in [-0.15, -0.1) is 0 Å². The number of esters is 1. The number of hydrogen-bond acceptors (Lipinski definition) is 5. The van der Waals surface area contributed by atoms with Gasteiger partial charge in [-0.05, 0) is 83.5 Å². The Kier molecular flexibility index (Phi) is 63.0. The predicted molar refractivity (Wildman–Crippen MR) is 329 cm³/mol. The molecule has 2 unspecified atom stereocenters.